The average Bonchev–Trinajstić information content (AvgIpc) is 3.12. The fraction of sp³-hybridized carbons (Fsp3) is 0.0952. The molecule has 5 nitrogen and oxygen atoms in total. The summed E-state index contributed by atoms with van der Waals surface area (Å²) in [6, 6.07) is 6.73. The highest BCUT2D eigenvalue weighted by Gasteiger charge is 2.35. The van der Waals surface area contributed by atoms with Crippen molar-refractivity contribution in [1.82, 2.24) is 14.4 Å². The van der Waals surface area contributed by atoms with E-state index in [1.54, 1.807) is 19.1 Å². The van der Waals surface area contributed by atoms with Gasteiger partial charge in [0.25, 0.3) is 5.91 Å². The van der Waals surface area contributed by atoms with E-state index in [1.807, 2.05) is 0 Å². The van der Waals surface area contributed by atoms with Crippen LogP contribution >= 0.6 is 0 Å². The first-order chi connectivity index (χ1) is 14.6. The predicted molar refractivity (Wildman–Crippen MR) is 102 cm³/mol. The van der Waals surface area contributed by atoms with E-state index in [1.165, 1.54) is 22.9 Å². The summed E-state index contributed by atoms with van der Waals surface area (Å²) < 4.78 is 67.7. The van der Waals surface area contributed by atoms with Crippen LogP contribution in [-0.2, 0) is 6.18 Å². The monoisotopic (exact) mass is 432 g/mol. The van der Waals surface area contributed by atoms with Crippen LogP contribution in [0.4, 0.5) is 27.6 Å². The molecule has 0 radical (unpaired) electrons. The molecule has 1 amide bonds. The van der Waals surface area contributed by atoms with Gasteiger partial charge in [-0.25, -0.2) is 18.7 Å². The third kappa shape index (κ3) is 4.09. The van der Waals surface area contributed by atoms with Crippen LogP contribution in [-0.4, -0.2) is 20.3 Å². The number of fused-ring (bicyclic) bond motifs is 1. The van der Waals surface area contributed by atoms with Crippen molar-refractivity contribution in [3.05, 3.63) is 83.3 Å². The van der Waals surface area contributed by atoms with Gasteiger partial charge in [-0.15, -0.1) is 0 Å². The quantitative estimate of drug-likeness (QED) is 0.450. The van der Waals surface area contributed by atoms with Gasteiger partial charge in [0.1, 0.15) is 5.82 Å². The summed E-state index contributed by atoms with van der Waals surface area (Å²) in [4.78, 5) is 20.7. The Bertz CT molecular complexity index is 1310. The van der Waals surface area contributed by atoms with Gasteiger partial charge in [0.2, 0.25) is 5.78 Å². The van der Waals surface area contributed by atoms with Crippen molar-refractivity contribution in [2.45, 2.75) is 13.1 Å². The predicted octanol–water partition coefficient (Wildman–Crippen LogP) is 5.25. The van der Waals surface area contributed by atoms with Crippen LogP contribution < -0.4 is 5.32 Å². The minimum atomic E-state index is -4.90. The van der Waals surface area contributed by atoms with E-state index in [0.29, 0.717) is 16.8 Å². The molecule has 0 aliphatic rings. The number of hydrogen-bond acceptors (Lipinski definition) is 3. The third-order valence-corrected chi connectivity index (χ3v) is 4.59. The fourth-order valence-electron chi connectivity index (χ4n) is 3.05. The van der Waals surface area contributed by atoms with Crippen molar-refractivity contribution >= 4 is 17.4 Å². The molecule has 0 saturated heterocycles. The molecule has 2 aromatic heterocycles. The zero-order valence-electron chi connectivity index (χ0n) is 15.8. The zero-order valence-corrected chi connectivity index (χ0v) is 15.8. The number of anilines is 1. The number of amides is 1. The summed E-state index contributed by atoms with van der Waals surface area (Å²) in [5, 5.41) is 2.44. The fourth-order valence-corrected chi connectivity index (χ4v) is 3.05. The number of alkyl halides is 3. The standard InChI is InChI=1S/C21H13F5N4O/c1-11-2-3-12(18-10-30-9-14(23)8-27-20(30)29-18)6-17(11)28-19(31)15-5-4-13(22)7-16(15)21(24,25)26/h2-10H,1H3,(H,28,31). The third-order valence-electron chi connectivity index (χ3n) is 4.59. The van der Waals surface area contributed by atoms with E-state index >= 15 is 0 Å². The molecule has 4 aromatic rings. The summed E-state index contributed by atoms with van der Waals surface area (Å²) in [5.41, 5.74) is -0.288. The highest BCUT2D eigenvalue weighted by atomic mass is 19.4. The van der Waals surface area contributed by atoms with Crippen LogP contribution in [0.2, 0.25) is 0 Å². The maximum absolute atomic E-state index is 13.3. The lowest BCUT2D eigenvalue weighted by Crippen LogP contribution is -2.19. The molecule has 0 spiro atoms. The lowest BCUT2D eigenvalue weighted by molar-refractivity contribution is -0.138. The average molecular weight is 432 g/mol. The Balaban J connectivity index is 1.69. The number of nitrogens with zero attached hydrogens (tertiary/aromatic N) is 3. The van der Waals surface area contributed by atoms with E-state index in [9.17, 15) is 26.7 Å². The second-order valence-corrected chi connectivity index (χ2v) is 6.78. The van der Waals surface area contributed by atoms with Crippen LogP contribution in [0.5, 0.6) is 0 Å². The number of carbonyl (C=O) groups excluding carboxylic acids is 1. The molecule has 1 N–H and O–H groups in total. The van der Waals surface area contributed by atoms with Gasteiger partial charge in [0.15, 0.2) is 5.82 Å². The molecule has 0 aliphatic heterocycles. The molecule has 31 heavy (non-hydrogen) atoms. The number of aromatic nitrogens is 3. The number of nitrogens with one attached hydrogen (secondary N) is 1. The molecule has 0 unspecified atom stereocenters. The topological polar surface area (TPSA) is 59.3 Å². The van der Waals surface area contributed by atoms with Gasteiger partial charge in [0, 0.05) is 23.6 Å². The van der Waals surface area contributed by atoms with E-state index < -0.39 is 34.8 Å². The number of halogens is 5. The minimum Gasteiger partial charge on any atom is -0.322 e. The van der Waals surface area contributed by atoms with Gasteiger partial charge in [-0.1, -0.05) is 12.1 Å². The van der Waals surface area contributed by atoms with E-state index in [0.717, 1.165) is 18.3 Å². The first-order valence-corrected chi connectivity index (χ1v) is 8.91. The number of hydrogen-bond donors (Lipinski definition) is 1. The smallest absolute Gasteiger partial charge is 0.322 e. The Morgan fingerprint density at radius 3 is 2.55 bits per heavy atom. The molecule has 4 rings (SSSR count). The zero-order chi connectivity index (χ0) is 22.3. The largest absolute Gasteiger partial charge is 0.417 e. The van der Waals surface area contributed by atoms with Crippen LogP contribution in [0.3, 0.4) is 0 Å². The molecule has 10 heteroatoms. The van der Waals surface area contributed by atoms with E-state index in [4.69, 9.17) is 0 Å². The number of rotatable bonds is 3. The summed E-state index contributed by atoms with van der Waals surface area (Å²) >= 11 is 0. The Morgan fingerprint density at radius 1 is 1.03 bits per heavy atom. The lowest BCUT2D eigenvalue weighted by atomic mass is 10.0. The number of benzene rings is 2. The van der Waals surface area contributed by atoms with Crippen molar-refractivity contribution in [3.8, 4) is 11.3 Å². The van der Waals surface area contributed by atoms with Crippen LogP contribution in [0.1, 0.15) is 21.5 Å². The molecule has 0 saturated carbocycles. The first kappa shape index (κ1) is 20.5. The van der Waals surface area contributed by atoms with Crippen molar-refractivity contribution in [2.75, 3.05) is 5.32 Å². The van der Waals surface area contributed by atoms with Gasteiger partial charge < -0.3 is 5.32 Å². The van der Waals surface area contributed by atoms with Crippen molar-refractivity contribution in [1.29, 1.82) is 0 Å². The highest BCUT2D eigenvalue weighted by molar-refractivity contribution is 6.06. The summed E-state index contributed by atoms with van der Waals surface area (Å²) in [5.74, 6) is -2.43. The number of carbonyl (C=O) groups is 1. The van der Waals surface area contributed by atoms with E-state index in [2.05, 4.69) is 15.3 Å². The molecular weight excluding hydrogens is 419 g/mol. The van der Waals surface area contributed by atoms with E-state index in [-0.39, 0.29) is 17.5 Å². The molecular formula is C21H13F5N4O. The van der Waals surface area contributed by atoms with Gasteiger partial charge >= 0.3 is 6.18 Å². The first-order valence-electron chi connectivity index (χ1n) is 8.91. The van der Waals surface area contributed by atoms with Crippen molar-refractivity contribution < 1.29 is 26.7 Å². The summed E-state index contributed by atoms with van der Waals surface area (Å²) in [6.45, 7) is 1.66. The van der Waals surface area contributed by atoms with Crippen LogP contribution in [0.25, 0.3) is 17.0 Å². The maximum atomic E-state index is 13.3. The molecule has 2 aromatic carbocycles. The minimum absolute atomic E-state index is 0.246. The second kappa shape index (κ2) is 7.46. The Hall–Kier alpha value is -3.82. The molecule has 0 aliphatic carbocycles. The van der Waals surface area contributed by atoms with Crippen LogP contribution in [0.15, 0.2) is 55.0 Å². The Kier molecular flexibility index (Phi) is 4.92. The molecule has 0 bridgehead atoms. The Labute approximate surface area is 172 Å². The number of imidazole rings is 1. The highest BCUT2D eigenvalue weighted by Crippen LogP contribution is 2.33. The van der Waals surface area contributed by atoms with Gasteiger partial charge in [-0.3, -0.25) is 9.20 Å². The summed E-state index contributed by atoms with van der Waals surface area (Å²) in [7, 11) is 0. The maximum Gasteiger partial charge on any atom is 0.417 e. The Morgan fingerprint density at radius 2 is 1.81 bits per heavy atom. The molecule has 0 atom stereocenters. The normalized spacial score (nSPS) is 11.7. The van der Waals surface area contributed by atoms with Gasteiger partial charge in [-0.2, -0.15) is 13.2 Å². The molecule has 158 valence electrons. The molecule has 2 heterocycles. The lowest BCUT2D eigenvalue weighted by Gasteiger charge is -2.14. The molecule has 0 fully saturated rings. The second-order valence-electron chi connectivity index (χ2n) is 6.78. The van der Waals surface area contributed by atoms with Crippen molar-refractivity contribution in [3.63, 3.8) is 0 Å². The van der Waals surface area contributed by atoms with Gasteiger partial charge in [0.05, 0.1) is 23.0 Å². The van der Waals surface area contributed by atoms with Crippen molar-refractivity contribution in [2.24, 2.45) is 0 Å². The SMILES string of the molecule is Cc1ccc(-c2cn3cc(F)cnc3n2)cc1NC(=O)c1ccc(F)cc1C(F)(F)F. The van der Waals surface area contributed by atoms with Gasteiger partial charge in [-0.05, 0) is 36.8 Å². The number of aryl methyl sites for hydroxylation is 1. The van der Waals surface area contributed by atoms with Crippen LogP contribution in [0, 0.1) is 18.6 Å². The summed E-state index contributed by atoms with van der Waals surface area (Å²) in [6.07, 6.45) is -1.15.